The third-order valence-electron chi connectivity index (χ3n) is 7.51. The van der Waals surface area contributed by atoms with Crippen molar-refractivity contribution in [3.05, 3.63) is 58.6 Å². The van der Waals surface area contributed by atoms with Gasteiger partial charge in [0, 0.05) is 25.2 Å². The highest BCUT2D eigenvalue weighted by atomic mass is 16.7. The van der Waals surface area contributed by atoms with Gasteiger partial charge in [-0.25, -0.2) is 4.98 Å². The first-order chi connectivity index (χ1) is 20.9. The maximum atomic E-state index is 13.4. The molecule has 1 saturated heterocycles. The molecule has 0 bridgehead atoms. The largest absolute Gasteiger partial charge is 0.497 e. The van der Waals surface area contributed by atoms with E-state index in [2.05, 4.69) is 4.98 Å². The van der Waals surface area contributed by atoms with Crippen LogP contribution >= 0.6 is 0 Å². The van der Waals surface area contributed by atoms with Crippen LogP contribution in [0.2, 0.25) is 0 Å². The van der Waals surface area contributed by atoms with Gasteiger partial charge in [-0.05, 0) is 55.3 Å². The lowest BCUT2D eigenvalue weighted by molar-refractivity contribution is -0.237. The van der Waals surface area contributed by atoms with Crippen LogP contribution in [0.5, 0.6) is 11.5 Å². The summed E-state index contributed by atoms with van der Waals surface area (Å²) in [5.41, 5.74) is 0.636. The number of hydrogen-bond acceptors (Lipinski definition) is 10. The molecule has 0 unspecified atom stereocenters. The van der Waals surface area contributed by atoms with Crippen LogP contribution in [-0.4, -0.2) is 74.9 Å². The molecular formula is C30H32N2O12. The summed E-state index contributed by atoms with van der Waals surface area (Å²) in [6.07, 6.45) is -4.09. The fraction of sp³-hybridized carbons (Fsp3) is 0.400. The Balaban J connectivity index is 1.68. The number of methoxy groups -OCH3 is 1. The number of carboxylic acids is 3. The van der Waals surface area contributed by atoms with Gasteiger partial charge in [-0.3, -0.25) is 28.5 Å². The number of aromatic nitrogens is 2. The third-order valence-corrected chi connectivity index (χ3v) is 7.51. The summed E-state index contributed by atoms with van der Waals surface area (Å²) in [6, 6.07) is 11.2. The first-order valence-electron chi connectivity index (χ1n) is 13.7. The van der Waals surface area contributed by atoms with Crippen LogP contribution in [0.4, 0.5) is 0 Å². The van der Waals surface area contributed by atoms with Gasteiger partial charge in [-0.1, -0.05) is 0 Å². The molecule has 0 aliphatic carbocycles. The van der Waals surface area contributed by atoms with E-state index in [4.69, 9.17) is 18.9 Å². The third kappa shape index (κ3) is 7.32. The number of benzene rings is 2. The van der Waals surface area contributed by atoms with Crippen LogP contribution in [0, 0.1) is 24.7 Å². The highest BCUT2D eigenvalue weighted by Gasteiger charge is 2.49. The van der Waals surface area contributed by atoms with E-state index in [0.717, 1.165) is 6.92 Å². The number of carbonyl (C=O) groups is 4. The van der Waals surface area contributed by atoms with Crippen LogP contribution in [-0.2, 0) is 28.7 Å². The molecule has 0 radical (unpaired) electrons. The lowest BCUT2D eigenvalue weighted by Crippen LogP contribution is -2.53. The zero-order valence-corrected chi connectivity index (χ0v) is 24.2. The summed E-state index contributed by atoms with van der Waals surface area (Å²) >= 11 is 0. The molecule has 3 aromatic rings. The molecule has 44 heavy (non-hydrogen) atoms. The number of esters is 1. The average Bonchev–Trinajstić information content (AvgIpc) is 2.95. The smallest absolute Gasteiger partial charge is 0.303 e. The predicted molar refractivity (Wildman–Crippen MR) is 152 cm³/mol. The molecule has 1 fully saturated rings. The summed E-state index contributed by atoms with van der Waals surface area (Å²) < 4.78 is 23.8. The van der Waals surface area contributed by atoms with Gasteiger partial charge in [0.05, 0.1) is 42.6 Å². The number of aryl methyl sites for hydroxylation is 1. The van der Waals surface area contributed by atoms with Crippen molar-refractivity contribution < 1.29 is 53.4 Å². The van der Waals surface area contributed by atoms with Gasteiger partial charge in [0.25, 0.3) is 5.56 Å². The monoisotopic (exact) mass is 612 g/mol. The van der Waals surface area contributed by atoms with Gasteiger partial charge < -0.3 is 34.3 Å². The molecule has 5 atom stereocenters. The molecule has 0 amide bonds. The van der Waals surface area contributed by atoms with Crippen LogP contribution in [0.25, 0.3) is 16.6 Å². The Morgan fingerprint density at radius 1 is 0.886 bits per heavy atom. The minimum Gasteiger partial charge on any atom is -0.497 e. The maximum absolute atomic E-state index is 13.4. The predicted octanol–water partition coefficient (Wildman–Crippen LogP) is 2.64. The number of nitrogens with zero attached hydrogens (tertiary/aromatic N) is 2. The molecule has 0 spiro atoms. The Bertz CT molecular complexity index is 1620. The number of ether oxygens (including phenoxy) is 4. The average molecular weight is 613 g/mol. The van der Waals surface area contributed by atoms with Crippen molar-refractivity contribution in [3.8, 4) is 17.2 Å². The maximum Gasteiger partial charge on any atom is 0.303 e. The zero-order chi connectivity index (χ0) is 32.1. The molecule has 234 valence electrons. The molecule has 4 rings (SSSR count). The van der Waals surface area contributed by atoms with Gasteiger partial charge in [-0.15, -0.1) is 0 Å². The van der Waals surface area contributed by atoms with E-state index < -0.39 is 73.3 Å². The molecule has 1 aliphatic heterocycles. The van der Waals surface area contributed by atoms with Crippen LogP contribution in [0.1, 0.15) is 32.0 Å². The van der Waals surface area contributed by atoms with Crippen molar-refractivity contribution in [1.82, 2.24) is 9.55 Å². The van der Waals surface area contributed by atoms with Crippen molar-refractivity contribution in [2.75, 3.05) is 13.7 Å². The Labute approximate surface area is 250 Å². The van der Waals surface area contributed by atoms with Crippen LogP contribution in [0.3, 0.4) is 0 Å². The van der Waals surface area contributed by atoms with Crippen molar-refractivity contribution in [1.29, 1.82) is 0 Å². The number of carbonyl (C=O) groups excluding carboxylic acids is 1. The lowest BCUT2D eigenvalue weighted by atomic mass is 9.71. The molecular weight excluding hydrogens is 580 g/mol. The molecule has 3 N–H and O–H groups in total. The van der Waals surface area contributed by atoms with E-state index in [1.807, 2.05) is 0 Å². The number of fused-ring (bicyclic) bond motifs is 1. The van der Waals surface area contributed by atoms with Crippen molar-refractivity contribution in [2.24, 2.45) is 17.8 Å². The molecule has 14 nitrogen and oxygen atoms in total. The second-order valence-electron chi connectivity index (χ2n) is 10.4. The highest BCUT2D eigenvalue weighted by molar-refractivity contribution is 5.79. The minimum atomic E-state index is -1.33. The fourth-order valence-corrected chi connectivity index (χ4v) is 5.60. The van der Waals surface area contributed by atoms with Gasteiger partial charge >= 0.3 is 23.9 Å². The number of rotatable bonds is 12. The number of hydrogen-bond donors (Lipinski definition) is 3. The second-order valence-corrected chi connectivity index (χ2v) is 10.4. The molecule has 1 aromatic heterocycles. The lowest BCUT2D eigenvalue weighted by Gasteiger charge is -2.45. The topological polar surface area (TPSA) is 201 Å². The van der Waals surface area contributed by atoms with Gasteiger partial charge in [0.1, 0.15) is 23.9 Å². The quantitative estimate of drug-likeness (QED) is 0.252. The van der Waals surface area contributed by atoms with E-state index >= 15 is 0 Å². The number of carboxylic acid groups (broad SMARTS) is 3. The van der Waals surface area contributed by atoms with Crippen LogP contribution in [0.15, 0.2) is 47.3 Å². The molecule has 2 aromatic carbocycles. The van der Waals surface area contributed by atoms with E-state index in [-0.39, 0.29) is 17.9 Å². The van der Waals surface area contributed by atoms with Crippen molar-refractivity contribution >= 4 is 34.8 Å². The second kappa shape index (κ2) is 13.5. The molecule has 14 heteroatoms. The van der Waals surface area contributed by atoms with Crippen LogP contribution < -0.4 is 15.0 Å². The van der Waals surface area contributed by atoms with Crippen molar-refractivity contribution in [3.63, 3.8) is 0 Å². The Morgan fingerprint density at radius 2 is 1.48 bits per heavy atom. The van der Waals surface area contributed by atoms with E-state index in [9.17, 15) is 39.3 Å². The number of aliphatic carboxylic acids is 3. The summed E-state index contributed by atoms with van der Waals surface area (Å²) in [7, 11) is 1.49. The van der Waals surface area contributed by atoms with E-state index in [0.29, 0.717) is 28.2 Å². The van der Waals surface area contributed by atoms with Gasteiger partial charge in [-0.2, -0.15) is 0 Å². The Hall–Kier alpha value is -4.98. The Kier molecular flexibility index (Phi) is 9.83. The van der Waals surface area contributed by atoms with E-state index in [1.54, 1.807) is 37.3 Å². The van der Waals surface area contributed by atoms with Crippen molar-refractivity contribution in [2.45, 2.75) is 45.5 Å². The molecule has 1 aliphatic rings. The molecule has 0 saturated carbocycles. The standard InChI is InChI=1S/C30H32N2O12/c1-15-31-24-9-8-19(41-3)10-23(24)29(40)32(15)17-4-6-18(7-5-17)43-30-22(13-28(38)39)20(11-26(34)35)21(12-27(36)37)25(44-30)14-42-16(2)33/h4-10,20-22,25,30H,11-14H2,1-3H3,(H,34,35)(H,36,37)(H,38,39)/t20-,21+,22+,25-,30-/m1/s1. The van der Waals surface area contributed by atoms with E-state index in [1.165, 1.54) is 23.8 Å². The fourth-order valence-electron chi connectivity index (χ4n) is 5.60. The van der Waals surface area contributed by atoms with Gasteiger partial charge in [0.2, 0.25) is 6.29 Å². The first kappa shape index (κ1) is 31.9. The first-order valence-corrected chi connectivity index (χ1v) is 13.7. The summed E-state index contributed by atoms with van der Waals surface area (Å²) in [5, 5.41) is 29.2. The summed E-state index contributed by atoms with van der Waals surface area (Å²) in [5.74, 6) is -6.37. The summed E-state index contributed by atoms with van der Waals surface area (Å²) in [4.78, 5) is 64.8. The van der Waals surface area contributed by atoms with Gasteiger partial charge in [0.15, 0.2) is 0 Å². The zero-order valence-electron chi connectivity index (χ0n) is 24.2. The Morgan fingerprint density at radius 3 is 2.07 bits per heavy atom. The SMILES string of the molecule is COc1ccc2nc(C)n(-c3ccc(O[C@@H]4O[C@H](COC(C)=O)[C@@H](CC(=O)O)[C@@H](CC(=O)O)[C@@H]4CC(=O)O)cc3)c(=O)c2c1. The minimum absolute atomic E-state index is 0.201. The summed E-state index contributed by atoms with van der Waals surface area (Å²) in [6.45, 7) is 2.45. The molecule has 2 heterocycles. The normalized spacial score (nSPS) is 21.4. The highest BCUT2D eigenvalue weighted by Crippen LogP contribution is 2.42.